The van der Waals surface area contributed by atoms with E-state index in [0.29, 0.717) is 21.3 Å². The molecule has 0 spiro atoms. The van der Waals surface area contributed by atoms with Crippen molar-refractivity contribution in [3.8, 4) is 6.07 Å². The summed E-state index contributed by atoms with van der Waals surface area (Å²) in [6.45, 7) is 6.18. The van der Waals surface area contributed by atoms with Gasteiger partial charge in [0.15, 0.2) is 0 Å². The van der Waals surface area contributed by atoms with Crippen molar-refractivity contribution in [1.29, 1.82) is 5.26 Å². The van der Waals surface area contributed by atoms with E-state index in [9.17, 15) is 14.9 Å². The first kappa shape index (κ1) is 21.6. The summed E-state index contributed by atoms with van der Waals surface area (Å²) in [4.78, 5) is 30.0. The summed E-state index contributed by atoms with van der Waals surface area (Å²) in [5, 5.41) is 9.67. The Morgan fingerprint density at radius 1 is 1.24 bits per heavy atom. The van der Waals surface area contributed by atoms with Gasteiger partial charge in [-0.15, -0.1) is 0 Å². The van der Waals surface area contributed by atoms with Crippen molar-refractivity contribution in [3.05, 3.63) is 31.9 Å². The molecular weight excluding hydrogens is 404 g/mol. The maximum Gasteiger partial charge on any atom is 0.270 e. The first-order valence-corrected chi connectivity index (χ1v) is 11.3. The number of amides is 1. The second-order valence-electron chi connectivity index (χ2n) is 7.45. The molecule has 0 N–H and O–H groups in total. The first-order valence-electron chi connectivity index (χ1n) is 10.0. The molecule has 0 aromatic carbocycles. The summed E-state index contributed by atoms with van der Waals surface area (Å²) in [7, 11) is 1.67. The second-order valence-corrected chi connectivity index (χ2v) is 9.12. The Morgan fingerprint density at radius 3 is 2.48 bits per heavy atom. The van der Waals surface area contributed by atoms with Crippen LogP contribution in [0, 0.1) is 18.3 Å². The molecule has 0 bridgehead atoms. The fourth-order valence-electron chi connectivity index (χ4n) is 3.79. The predicted molar refractivity (Wildman–Crippen MR) is 122 cm³/mol. The van der Waals surface area contributed by atoms with Crippen LogP contribution in [-0.2, 0) is 11.3 Å². The number of nitrogens with zero attached hydrogens (tertiary/aromatic N) is 4. The van der Waals surface area contributed by atoms with Gasteiger partial charge in [0, 0.05) is 32.2 Å². The highest BCUT2D eigenvalue weighted by Crippen LogP contribution is 2.35. The molecule has 2 aliphatic heterocycles. The van der Waals surface area contributed by atoms with Gasteiger partial charge >= 0.3 is 0 Å². The van der Waals surface area contributed by atoms with Gasteiger partial charge in [-0.1, -0.05) is 37.3 Å². The molecule has 1 amide bonds. The Labute approximate surface area is 181 Å². The zero-order valence-electron chi connectivity index (χ0n) is 17.2. The van der Waals surface area contributed by atoms with Crippen molar-refractivity contribution in [2.75, 3.05) is 25.0 Å². The maximum atomic E-state index is 13.1. The van der Waals surface area contributed by atoms with Crippen molar-refractivity contribution in [2.45, 2.75) is 52.5 Å². The van der Waals surface area contributed by atoms with Gasteiger partial charge in [-0.3, -0.25) is 19.1 Å². The van der Waals surface area contributed by atoms with Crippen molar-refractivity contribution in [1.82, 2.24) is 9.47 Å². The summed E-state index contributed by atoms with van der Waals surface area (Å²) in [5.41, 5.74) is 1.33. The van der Waals surface area contributed by atoms with Crippen LogP contribution >= 0.6 is 24.0 Å². The topological polar surface area (TPSA) is 69.3 Å². The molecule has 1 aromatic rings. The molecule has 2 aliphatic rings. The van der Waals surface area contributed by atoms with Crippen LogP contribution in [0.5, 0.6) is 0 Å². The van der Waals surface area contributed by atoms with E-state index in [-0.39, 0.29) is 17.0 Å². The van der Waals surface area contributed by atoms with Gasteiger partial charge in [-0.25, -0.2) is 0 Å². The molecule has 2 fully saturated rings. The maximum absolute atomic E-state index is 13.1. The number of anilines is 1. The van der Waals surface area contributed by atoms with Crippen LogP contribution in [0.15, 0.2) is 9.70 Å². The number of nitriles is 1. The standard InChI is InChI=1S/C21H26N4O2S2/c1-4-5-11-25-18(24-9-7-6-8-10-24)15(14(2)16(13-22)19(25)26)12-17-20(27)23(3)21(28)29-17/h12H,4-11H2,1-3H3/b17-12-. The number of rotatable bonds is 5. The van der Waals surface area contributed by atoms with E-state index in [1.54, 1.807) is 18.5 Å². The molecule has 0 saturated carbocycles. The van der Waals surface area contributed by atoms with Gasteiger partial charge in [-0.2, -0.15) is 5.26 Å². The number of hydrogen-bond donors (Lipinski definition) is 0. The number of aromatic nitrogens is 1. The van der Waals surface area contributed by atoms with E-state index in [1.165, 1.54) is 23.1 Å². The average molecular weight is 431 g/mol. The minimum atomic E-state index is -0.237. The van der Waals surface area contributed by atoms with Crippen LogP contribution in [0.2, 0.25) is 0 Å². The molecule has 1 aromatic heterocycles. The lowest BCUT2D eigenvalue weighted by Crippen LogP contribution is -2.37. The van der Waals surface area contributed by atoms with Gasteiger partial charge < -0.3 is 4.90 Å². The van der Waals surface area contributed by atoms with Gasteiger partial charge in [0.1, 0.15) is 21.8 Å². The number of carbonyl (C=O) groups excluding carboxylic acids is 1. The summed E-state index contributed by atoms with van der Waals surface area (Å²) in [5.74, 6) is 0.690. The number of likely N-dealkylation sites (N-methyl/N-ethyl adjacent to an activating group) is 1. The number of carbonyl (C=O) groups is 1. The Morgan fingerprint density at radius 2 is 1.93 bits per heavy atom. The molecule has 0 aliphatic carbocycles. The third-order valence-corrected chi connectivity index (χ3v) is 6.98. The van der Waals surface area contributed by atoms with Crippen LogP contribution in [0.25, 0.3) is 6.08 Å². The largest absolute Gasteiger partial charge is 0.357 e. The zero-order chi connectivity index (χ0) is 21.1. The normalized spacial score (nSPS) is 18.6. The molecule has 3 rings (SSSR count). The molecule has 0 unspecified atom stereocenters. The van der Waals surface area contributed by atoms with Crippen LogP contribution in [0.1, 0.15) is 55.7 Å². The van der Waals surface area contributed by atoms with E-state index in [2.05, 4.69) is 17.9 Å². The van der Waals surface area contributed by atoms with E-state index in [0.717, 1.165) is 50.2 Å². The summed E-state index contributed by atoms with van der Waals surface area (Å²) in [6.07, 6.45) is 6.94. The van der Waals surface area contributed by atoms with Crippen LogP contribution in [0.3, 0.4) is 0 Å². The lowest BCUT2D eigenvalue weighted by molar-refractivity contribution is -0.121. The van der Waals surface area contributed by atoms with E-state index < -0.39 is 0 Å². The molecule has 0 radical (unpaired) electrons. The summed E-state index contributed by atoms with van der Waals surface area (Å²) in [6, 6.07) is 2.10. The van der Waals surface area contributed by atoms with Gasteiger partial charge in [0.05, 0.1) is 4.91 Å². The molecule has 0 atom stereocenters. The Bertz CT molecular complexity index is 968. The third kappa shape index (κ3) is 4.12. The predicted octanol–water partition coefficient (Wildman–Crippen LogP) is 3.65. The highest BCUT2D eigenvalue weighted by Gasteiger charge is 2.31. The number of hydrogen-bond acceptors (Lipinski definition) is 6. The smallest absolute Gasteiger partial charge is 0.270 e. The quantitative estimate of drug-likeness (QED) is 0.525. The molecule has 8 heteroatoms. The highest BCUT2D eigenvalue weighted by atomic mass is 32.2. The highest BCUT2D eigenvalue weighted by molar-refractivity contribution is 8.26. The van der Waals surface area contributed by atoms with E-state index in [4.69, 9.17) is 12.2 Å². The number of thiocarbonyl (C=S) groups is 1. The monoisotopic (exact) mass is 430 g/mol. The fraction of sp³-hybridized carbons (Fsp3) is 0.524. The molecule has 3 heterocycles. The van der Waals surface area contributed by atoms with Crippen LogP contribution < -0.4 is 10.5 Å². The number of thioether (sulfide) groups is 1. The fourth-order valence-corrected chi connectivity index (χ4v) is 4.95. The number of pyridine rings is 1. The molecular formula is C21H26N4O2S2. The SMILES string of the molecule is CCCCn1c(N2CCCCC2)c(/C=C2\SC(=S)N(C)C2=O)c(C)c(C#N)c1=O. The molecule has 2 saturated heterocycles. The molecule has 6 nitrogen and oxygen atoms in total. The van der Waals surface area contributed by atoms with Gasteiger partial charge in [0.25, 0.3) is 11.5 Å². The number of piperidine rings is 1. The van der Waals surface area contributed by atoms with Crippen molar-refractivity contribution in [3.63, 3.8) is 0 Å². The molecule has 154 valence electrons. The van der Waals surface area contributed by atoms with E-state index in [1.807, 2.05) is 6.08 Å². The Kier molecular flexibility index (Phi) is 6.81. The van der Waals surface area contributed by atoms with E-state index >= 15 is 0 Å². The lowest BCUT2D eigenvalue weighted by atomic mass is 10.0. The Hall–Kier alpha value is -2.11. The van der Waals surface area contributed by atoms with Crippen molar-refractivity contribution >= 4 is 46.1 Å². The first-order chi connectivity index (χ1) is 13.9. The average Bonchev–Trinajstić information content (AvgIpc) is 2.96. The van der Waals surface area contributed by atoms with Gasteiger partial charge in [0.2, 0.25) is 0 Å². The van der Waals surface area contributed by atoms with Crippen molar-refractivity contribution < 1.29 is 4.79 Å². The zero-order valence-corrected chi connectivity index (χ0v) is 18.8. The minimum absolute atomic E-state index is 0.145. The lowest BCUT2D eigenvalue weighted by Gasteiger charge is -2.33. The Balaban J connectivity index is 2.27. The van der Waals surface area contributed by atoms with Crippen LogP contribution in [0.4, 0.5) is 5.82 Å². The number of unbranched alkanes of at least 4 members (excludes halogenated alkanes) is 1. The minimum Gasteiger partial charge on any atom is -0.357 e. The third-order valence-electron chi connectivity index (χ3n) is 5.50. The second kappa shape index (κ2) is 9.14. The summed E-state index contributed by atoms with van der Waals surface area (Å²) < 4.78 is 2.26. The van der Waals surface area contributed by atoms with Gasteiger partial charge in [-0.05, 0) is 44.2 Å². The van der Waals surface area contributed by atoms with Crippen LogP contribution in [-0.4, -0.2) is 39.8 Å². The summed E-state index contributed by atoms with van der Waals surface area (Å²) >= 11 is 6.53. The molecule has 29 heavy (non-hydrogen) atoms. The van der Waals surface area contributed by atoms with Crippen molar-refractivity contribution in [2.24, 2.45) is 0 Å².